The van der Waals surface area contributed by atoms with Crippen molar-refractivity contribution in [2.45, 2.75) is 19.4 Å². The summed E-state index contributed by atoms with van der Waals surface area (Å²) < 4.78 is 27.4. The van der Waals surface area contributed by atoms with Crippen molar-refractivity contribution in [1.82, 2.24) is 9.80 Å². The molecule has 1 N–H and O–H groups in total. The van der Waals surface area contributed by atoms with Gasteiger partial charge in [-0.05, 0) is 49.2 Å². The molecule has 2 aromatic carbocycles. The van der Waals surface area contributed by atoms with Crippen molar-refractivity contribution in [1.29, 1.82) is 0 Å². The topological polar surface area (TPSA) is 107 Å². The summed E-state index contributed by atoms with van der Waals surface area (Å²) in [4.78, 5) is 30.5. The fourth-order valence-corrected chi connectivity index (χ4v) is 5.07. The smallest absolute Gasteiger partial charge is 0.295 e. The van der Waals surface area contributed by atoms with E-state index in [9.17, 15) is 14.7 Å². The molecular formula is C28H32N2O8. The molecule has 1 atom stereocenters. The van der Waals surface area contributed by atoms with Gasteiger partial charge >= 0.3 is 0 Å². The largest absolute Gasteiger partial charge is 0.507 e. The van der Waals surface area contributed by atoms with E-state index in [4.69, 9.17) is 23.7 Å². The summed E-state index contributed by atoms with van der Waals surface area (Å²) in [6, 6.07) is 9.44. The molecule has 202 valence electrons. The molecule has 2 saturated heterocycles. The van der Waals surface area contributed by atoms with Crippen molar-refractivity contribution < 1.29 is 38.4 Å². The van der Waals surface area contributed by atoms with Crippen molar-refractivity contribution in [3.05, 3.63) is 53.1 Å². The van der Waals surface area contributed by atoms with Gasteiger partial charge in [0.2, 0.25) is 6.79 Å². The van der Waals surface area contributed by atoms with Crippen molar-refractivity contribution in [3.8, 4) is 23.0 Å². The number of ether oxygens (including phenoxy) is 5. The van der Waals surface area contributed by atoms with E-state index in [1.54, 1.807) is 36.4 Å². The molecule has 0 bridgehead atoms. The first kappa shape index (κ1) is 25.9. The van der Waals surface area contributed by atoms with Crippen LogP contribution in [0, 0.1) is 0 Å². The van der Waals surface area contributed by atoms with E-state index in [1.165, 1.54) is 12.0 Å². The monoisotopic (exact) mass is 524 g/mol. The maximum absolute atomic E-state index is 13.4. The highest BCUT2D eigenvalue weighted by Gasteiger charge is 2.46. The molecule has 2 aromatic rings. The number of hydrogen-bond donors (Lipinski definition) is 1. The summed E-state index contributed by atoms with van der Waals surface area (Å²) in [5.41, 5.74) is 1.02. The number of Topliss-reactive ketones (excluding diaryl/α,β-unsaturated/α-hetero) is 1. The van der Waals surface area contributed by atoms with Crippen molar-refractivity contribution >= 4 is 17.4 Å². The number of rotatable bonds is 9. The Bertz CT molecular complexity index is 1240. The van der Waals surface area contributed by atoms with Crippen LogP contribution in [0.3, 0.4) is 0 Å². The number of aliphatic hydroxyl groups excluding tert-OH is 1. The Hall–Kier alpha value is -3.76. The summed E-state index contributed by atoms with van der Waals surface area (Å²) in [6.45, 7) is 6.58. The number of hydrogen-bond acceptors (Lipinski definition) is 9. The number of morpholine rings is 1. The molecule has 0 saturated carbocycles. The summed E-state index contributed by atoms with van der Waals surface area (Å²) in [6.07, 6.45) is 0.668. The average Bonchev–Trinajstić information content (AvgIpc) is 3.51. The van der Waals surface area contributed by atoms with E-state index in [1.807, 2.05) is 6.92 Å². The molecule has 0 radical (unpaired) electrons. The number of methoxy groups -OCH3 is 1. The molecule has 10 heteroatoms. The van der Waals surface area contributed by atoms with Crippen LogP contribution in [-0.4, -0.2) is 86.5 Å². The average molecular weight is 525 g/mol. The molecule has 1 unspecified atom stereocenters. The molecule has 3 aliphatic rings. The van der Waals surface area contributed by atoms with Gasteiger partial charge in [-0.25, -0.2) is 0 Å². The van der Waals surface area contributed by atoms with Crippen LogP contribution in [-0.2, 0) is 14.3 Å². The van der Waals surface area contributed by atoms with Gasteiger partial charge in [0.1, 0.15) is 5.76 Å². The van der Waals surface area contributed by atoms with E-state index in [0.717, 1.165) is 19.6 Å². The normalized spacial score (nSPS) is 20.7. The highest BCUT2D eigenvalue weighted by Crippen LogP contribution is 2.43. The van der Waals surface area contributed by atoms with Crippen LogP contribution >= 0.6 is 0 Å². The Kier molecular flexibility index (Phi) is 7.71. The maximum atomic E-state index is 13.4. The third-order valence-electron chi connectivity index (χ3n) is 6.97. The molecule has 2 fully saturated rings. The number of likely N-dealkylation sites (tertiary alicyclic amines) is 1. The highest BCUT2D eigenvalue weighted by atomic mass is 16.7. The number of nitrogens with zero attached hydrogens (tertiary/aromatic N) is 2. The Morgan fingerprint density at radius 2 is 1.82 bits per heavy atom. The molecule has 10 nitrogen and oxygen atoms in total. The molecule has 0 aliphatic carbocycles. The van der Waals surface area contributed by atoms with Crippen molar-refractivity contribution in [2.24, 2.45) is 0 Å². The van der Waals surface area contributed by atoms with Crippen LogP contribution in [0.15, 0.2) is 42.0 Å². The van der Waals surface area contributed by atoms with Gasteiger partial charge in [0.25, 0.3) is 11.7 Å². The summed E-state index contributed by atoms with van der Waals surface area (Å²) in [7, 11) is 1.54. The van der Waals surface area contributed by atoms with Crippen LogP contribution in [0.2, 0.25) is 0 Å². The van der Waals surface area contributed by atoms with Crippen molar-refractivity contribution in [3.63, 3.8) is 0 Å². The molecule has 3 aliphatic heterocycles. The number of carbonyl (C=O) groups excluding carboxylic acids is 2. The van der Waals surface area contributed by atoms with E-state index < -0.39 is 17.7 Å². The number of amides is 1. The molecule has 0 aromatic heterocycles. The number of ketones is 1. The predicted molar refractivity (Wildman–Crippen MR) is 138 cm³/mol. The minimum atomic E-state index is -0.797. The van der Waals surface area contributed by atoms with Crippen LogP contribution in [0.25, 0.3) is 5.76 Å². The lowest BCUT2D eigenvalue weighted by molar-refractivity contribution is -0.140. The molecule has 1 amide bonds. The Balaban J connectivity index is 1.52. The van der Waals surface area contributed by atoms with E-state index >= 15 is 0 Å². The van der Waals surface area contributed by atoms with Crippen molar-refractivity contribution in [2.75, 3.05) is 59.9 Å². The summed E-state index contributed by atoms with van der Waals surface area (Å²) in [5.74, 6) is 0.405. The zero-order chi connectivity index (χ0) is 26.6. The van der Waals surface area contributed by atoms with Gasteiger partial charge in [-0.15, -0.1) is 0 Å². The second-order valence-electron chi connectivity index (χ2n) is 9.21. The standard InChI is InChI=1S/C28H32N2O8/c1-3-36-20-7-5-18(15-22(20)34-2)25-24(26(31)19-6-8-21-23(16-19)38-17-37-21)27(32)28(33)30(25)10-4-9-29-11-13-35-14-12-29/h5-8,15-16,25,31H,3-4,9-14,17H2,1-2H3. The Morgan fingerprint density at radius 3 is 2.58 bits per heavy atom. The molecule has 38 heavy (non-hydrogen) atoms. The zero-order valence-electron chi connectivity index (χ0n) is 21.6. The van der Waals surface area contributed by atoms with E-state index in [2.05, 4.69) is 4.90 Å². The molecule has 0 spiro atoms. The van der Waals surface area contributed by atoms with Gasteiger partial charge in [-0.3, -0.25) is 14.5 Å². The zero-order valence-corrected chi connectivity index (χ0v) is 21.6. The fraction of sp³-hybridized carbons (Fsp3) is 0.429. The minimum Gasteiger partial charge on any atom is -0.507 e. The Labute approximate surface area is 221 Å². The summed E-state index contributed by atoms with van der Waals surface area (Å²) in [5, 5.41) is 11.4. The van der Waals surface area contributed by atoms with E-state index in [-0.39, 0.29) is 18.1 Å². The van der Waals surface area contributed by atoms with Gasteiger partial charge in [-0.1, -0.05) is 6.07 Å². The highest BCUT2D eigenvalue weighted by molar-refractivity contribution is 6.46. The summed E-state index contributed by atoms with van der Waals surface area (Å²) >= 11 is 0. The molecule has 5 rings (SSSR count). The lowest BCUT2D eigenvalue weighted by Crippen LogP contribution is -2.39. The van der Waals surface area contributed by atoms with Crippen LogP contribution < -0.4 is 18.9 Å². The first-order valence-electron chi connectivity index (χ1n) is 12.8. The first-order valence-corrected chi connectivity index (χ1v) is 12.8. The molecule has 3 heterocycles. The SMILES string of the molecule is CCOc1ccc(C2C(=C(O)c3ccc4c(c3)OCO4)C(=O)C(=O)N2CCCN2CCOCC2)cc1OC. The number of fused-ring (bicyclic) bond motifs is 1. The second kappa shape index (κ2) is 11.3. The van der Waals surface area contributed by atoms with Crippen LogP contribution in [0.5, 0.6) is 23.0 Å². The first-order chi connectivity index (χ1) is 18.5. The Morgan fingerprint density at radius 1 is 1.03 bits per heavy atom. The quantitative estimate of drug-likeness (QED) is 0.301. The fourth-order valence-electron chi connectivity index (χ4n) is 5.07. The van der Waals surface area contributed by atoms with Crippen LogP contribution in [0.1, 0.15) is 30.5 Å². The van der Waals surface area contributed by atoms with E-state index in [0.29, 0.717) is 66.9 Å². The second-order valence-corrected chi connectivity index (χ2v) is 9.21. The lowest BCUT2D eigenvalue weighted by Gasteiger charge is -2.29. The number of benzene rings is 2. The molecular weight excluding hydrogens is 492 g/mol. The van der Waals surface area contributed by atoms with Gasteiger partial charge in [0, 0.05) is 31.7 Å². The predicted octanol–water partition coefficient (Wildman–Crippen LogP) is 2.97. The van der Waals surface area contributed by atoms with Gasteiger partial charge in [-0.2, -0.15) is 0 Å². The third kappa shape index (κ3) is 5.01. The lowest BCUT2D eigenvalue weighted by atomic mass is 9.94. The van der Waals surface area contributed by atoms with Gasteiger partial charge in [0.05, 0.1) is 38.5 Å². The number of aliphatic hydroxyl groups is 1. The number of carbonyl (C=O) groups is 2. The maximum Gasteiger partial charge on any atom is 0.295 e. The minimum absolute atomic E-state index is 0.0199. The van der Waals surface area contributed by atoms with Gasteiger partial charge < -0.3 is 33.7 Å². The van der Waals surface area contributed by atoms with Crippen LogP contribution in [0.4, 0.5) is 0 Å². The van der Waals surface area contributed by atoms with Gasteiger partial charge in [0.15, 0.2) is 23.0 Å². The third-order valence-corrected chi connectivity index (χ3v) is 6.97.